The number of amides is 1. The molecule has 0 saturated heterocycles. The predicted octanol–water partition coefficient (Wildman–Crippen LogP) is 1.66. The fourth-order valence-electron chi connectivity index (χ4n) is 2.59. The van der Waals surface area contributed by atoms with Gasteiger partial charge < -0.3 is 15.2 Å². The second kappa shape index (κ2) is 7.48. The van der Waals surface area contributed by atoms with E-state index in [9.17, 15) is 9.59 Å². The molecule has 1 fully saturated rings. The van der Waals surface area contributed by atoms with Crippen LogP contribution in [0.1, 0.15) is 40.0 Å². The summed E-state index contributed by atoms with van der Waals surface area (Å²) in [5.74, 6) is -1.57. The Labute approximate surface area is 114 Å². The molecule has 0 aromatic heterocycles. The molecule has 0 heterocycles. The van der Waals surface area contributed by atoms with E-state index in [1.165, 1.54) is 0 Å². The van der Waals surface area contributed by atoms with Gasteiger partial charge in [0.05, 0.1) is 17.9 Å². The maximum atomic E-state index is 12.0. The van der Waals surface area contributed by atoms with Crippen molar-refractivity contribution >= 4 is 11.9 Å². The molecule has 5 heteroatoms. The van der Waals surface area contributed by atoms with E-state index in [4.69, 9.17) is 9.84 Å². The Hall–Kier alpha value is -1.10. The molecular formula is C14H25NO4. The second-order valence-electron chi connectivity index (χ2n) is 5.69. The van der Waals surface area contributed by atoms with Crippen molar-refractivity contribution in [3.63, 3.8) is 0 Å². The van der Waals surface area contributed by atoms with Crippen LogP contribution in [0.4, 0.5) is 0 Å². The van der Waals surface area contributed by atoms with Gasteiger partial charge in [0.2, 0.25) is 5.91 Å². The summed E-state index contributed by atoms with van der Waals surface area (Å²) in [7, 11) is 0. The molecule has 0 aliphatic heterocycles. The van der Waals surface area contributed by atoms with Crippen LogP contribution in [0.25, 0.3) is 0 Å². The van der Waals surface area contributed by atoms with Crippen LogP contribution in [-0.4, -0.2) is 36.2 Å². The van der Waals surface area contributed by atoms with Crippen LogP contribution in [0.2, 0.25) is 0 Å². The van der Waals surface area contributed by atoms with E-state index in [0.29, 0.717) is 31.9 Å². The van der Waals surface area contributed by atoms with Gasteiger partial charge in [0.15, 0.2) is 0 Å². The molecule has 1 saturated carbocycles. The zero-order chi connectivity index (χ0) is 14.4. The van der Waals surface area contributed by atoms with Gasteiger partial charge >= 0.3 is 5.97 Å². The number of hydrogen-bond donors (Lipinski definition) is 2. The van der Waals surface area contributed by atoms with Gasteiger partial charge in [0.1, 0.15) is 0 Å². The molecule has 1 aliphatic rings. The Morgan fingerprint density at radius 3 is 2.53 bits per heavy atom. The second-order valence-corrected chi connectivity index (χ2v) is 5.69. The van der Waals surface area contributed by atoms with Crippen molar-refractivity contribution in [2.75, 3.05) is 13.2 Å². The lowest BCUT2D eigenvalue weighted by atomic mass is 9.95. The van der Waals surface area contributed by atoms with Crippen LogP contribution >= 0.6 is 0 Å². The first-order valence-corrected chi connectivity index (χ1v) is 7.04. The summed E-state index contributed by atoms with van der Waals surface area (Å²) in [6.45, 7) is 7.09. The Balaban J connectivity index is 2.30. The van der Waals surface area contributed by atoms with E-state index in [0.717, 1.165) is 6.42 Å². The summed E-state index contributed by atoms with van der Waals surface area (Å²) in [6.07, 6.45) is 2.22. The summed E-state index contributed by atoms with van der Waals surface area (Å²) in [5, 5.41) is 11.9. The fraction of sp³-hybridized carbons (Fsp3) is 0.857. The number of carboxylic acids is 1. The van der Waals surface area contributed by atoms with Crippen molar-refractivity contribution in [1.29, 1.82) is 0 Å². The van der Waals surface area contributed by atoms with Gasteiger partial charge in [0, 0.05) is 13.2 Å². The summed E-state index contributed by atoms with van der Waals surface area (Å²) >= 11 is 0. The molecule has 0 aromatic carbocycles. The molecule has 0 radical (unpaired) electrons. The van der Waals surface area contributed by atoms with Crippen LogP contribution in [-0.2, 0) is 14.3 Å². The number of ether oxygens (including phenoxy) is 1. The molecule has 1 aliphatic carbocycles. The third kappa shape index (κ3) is 5.19. The first-order chi connectivity index (χ1) is 8.91. The minimum absolute atomic E-state index is 0.124. The average molecular weight is 271 g/mol. The van der Waals surface area contributed by atoms with Crippen molar-refractivity contribution < 1.29 is 19.4 Å². The number of hydrogen-bond acceptors (Lipinski definition) is 3. The molecule has 110 valence electrons. The monoisotopic (exact) mass is 271 g/mol. The van der Waals surface area contributed by atoms with Crippen LogP contribution in [0.5, 0.6) is 0 Å². The van der Waals surface area contributed by atoms with Crippen LogP contribution in [0, 0.1) is 17.8 Å². The molecule has 3 unspecified atom stereocenters. The molecule has 0 spiro atoms. The number of nitrogens with one attached hydrogen (secondary N) is 1. The van der Waals surface area contributed by atoms with Gasteiger partial charge in [-0.25, -0.2) is 0 Å². The van der Waals surface area contributed by atoms with E-state index < -0.39 is 11.9 Å². The highest BCUT2D eigenvalue weighted by Crippen LogP contribution is 2.36. The van der Waals surface area contributed by atoms with Crippen molar-refractivity contribution in [2.24, 2.45) is 17.8 Å². The van der Waals surface area contributed by atoms with Gasteiger partial charge in [0.25, 0.3) is 0 Å². The predicted molar refractivity (Wildman–Crippen MR) is 71.7 cm³/mol. The van der Waals surface area contributed by atoms with Crippen LogP contribution in [0.3, 0.4) is 0 Å². The summed E-state index contributed by atoms with van der Waals surface area (Å²) in [4.78, 5) is 23.1. The largest absolute Gasteiger partial charge is 0.481 e. The van der Waals surface area contributed by atoms with Crippen molar-refractivity contribution in [3.8, 4) is 0 Å². The van der Waals surface area contributed by atoms with E-state index in [2.05, 4.69) is 5.32 Å². The Kier molecular flexibility index (Phi) is 6.28. The smallest absolute Gasteiger partial charge is 0.307 e. The topological polar surface area (TPSA) is 75.6 Å². The van der Waals surface area contributed by atoms with Gasteiger partial charge in [-0.05, 0) is 39.0 Å². The molecule has 3 atom stereocenters. The van der Waals surface area contributed by atoms with E-state index >= 15 is 0 Å². The average Bonchev–Trinajstić information content (AvgIpc) is 2.70. The highest BCUT2D eigenvalue weighted by atomic mass is 16.5. The Bertz CT molecular complexity index is 317. The standard InChI is InChI=1S/C14H25NO4/c1-9(2)19-6-4-5-15-13(16)11-7-10(3)8-12(11)14(17)18/h9-12H,4-8H2,1-3H3,(H,15,16)(H,17,18). The van der Waals surface area contributed by atoms with Crippen LogP contribution < -0.4 is 5.32 Å². The van der Waals surface area contributed by atoms with Crippen molar-refractivity contribution in [3.05, 3.63) is 0 Å². The van der Waals surface area contributed by atoms with Gasteiger partial charge in [-0.3, -0.25) is 9.59 Å². The molecule has 1 rings (SSSR count). The lowest BCUT2D eigenvalue weighted by molar-refractivity contribution is -0.146. The highest BCUT2D eigenvalue weighted by molar-refractivity contribution is 5.85. The molecule has 0 bridgehead atoms. The first-order valence-electron chi connectivity index (χ1n) is 7.04. The minimum atomic E-state index is -0.854. The summed E-state index contributed by atoms with van der Waals surface area (Å²) < 4.78 is 5.38. The lowest BCUT2D eigenvalue weighted by Gasteiger charge is -2.15. The van der Waals surface area contributed by atoms with Gasteiger partial charge in [-0.2, -0.15) is 0 Å². The van der Waals surface area contributed by atoms with E-state index in [-0.39, 0.29) is 17.9 Å². The van der Waals surface area contributed by atoms with E-state index in [1.54, 1.807) is 0 Å². The molecule has 0 aromatic rings. The number of carbonyl (C=O) groups excluding carboxylic acids is 1. The Morgan fingerprint density at radius 2 is 1.95 bits per heavy atom. The SMILES string of the molecule is CC1CC(C(=O)O)C(C(=O)NCCCOC(C)C)C1. The first kappa shape index (κ1) is 16.0. The molecule has 1 amide bonds. The molecule has 2 N–H and O–H groups in total. The number of carboxylic acid groups (broad SMARTS) is 1. The van der Waals surface area contributed by atoms with E-state index in [1.807, 2.05) is 20.8 Å². The fourth-order valence-corrected chi connectivity index (χ4v) is 2.59. The molecular weight excluding hydrogens is 246 g/mol. The summed E-state index contributed by atoms with van der Waals surface area (Å²) in [6, 6.07) is 0. The van der Waals surface area contributed by atoms with Crippen molar-refractivity contribution in [1.82, 2.24) is 5.32 Å². The third-order valence-electron chi connectivity index (χ3n) is 3.52. The lowest BCUT2D eigenvalue weighted by Crippen LogP contribution is -2.36. The van der Waals surface area contributed by atoms with Crippen LogP contribution in [0.15, 0.2) is 0 Å². The zero-order valence-electron chi connectivity index (χ0n) is 12.0. The van der Waals surface area contributed by atoms with Crippen molar-refractivity contribution in [2.45, 2.75) is 46.1 Å². The van der Waals surface area contributed by atoms with Gasteiger partial charge in [-0.15, -0.1) is 0 Å². The highest BCUT2D eigenvalue weighted by Gasteiger charge is 2.40. The van der Waals surface area contributed by atoms with Gasteiger partial charge in [-0.1, -0.05) is 6.92 Å². The maximum Gasteiger partial charge on any atom is 0.307 e. The minimum Gasteiger partial charge on any atom is -0.481 e. The Morgan fingerprint density at radius 1 is 1.32 bits per heavy atom. The number of carbonyl (C=O) groups is 2. The maximum absolute atomic E-state index is 12.0. The number of aliphatic carboxylic acids is 1. The summed E-state index contributed by atoms with van der Waals surface area (Å²) in [5.41, 5.74) is 0. The number of rotatable bonds is 7. The normalized spacial score (nSPS) is 26.6. The molecule has 19 heavy (non-hydrogen) atoms. The third-order valence-corrected chi connectivity index (χ3v) is 3.52. The zero-order valence-corrected chi connectivity index (χ0v) is 12.0. The molecule has 5 nitrogen and oxygen atoms in total. The quantitative estimate of drug-likeness (QED) is 0.691.